The summed E-state index contributed by atoms with van der Waals surface area (Å²) in [6.07, 6.45) is -0.0980. The number of hydrogen-bond donors (Lipinski definition) is 0. The fourth-order valence-corrected chi connectivity index (χ4v) is 3.72. The van der Waals surface area contributed by atoms with Crippen molar-refractivity contribution in [3.05, 3.63) is 71.8 Å². The molecular formula is C22H20N2O4S2. The van der Waals surface area contributed by atoms with Gasteiger partial charge < -0.3 is 9.47 Å². The highest BCUT2D eigenvalue weighted by molar-refractivity contribution is 7.78. The summed E-state index contributed by atoms with van der Waals surface area (Å²) in [6.45, 7) is 0. The number of thiocarbonyl (C=S) groups is 2. The van der Waals surface area contributed by atoms with Crippen LogP contribution in [0.25, 0.3) is 0 Å². The van der Waals surface area contributed by atoms with Crippen molar-refractivity contribution < 1.29 is 19.1 Å². The van der Waals surface area contributed by atoms with Crippen LogP contribution in [0.1, 0.15) is 11.1 Å². The van der Waals surface area contributed by atoms with Crippen LogP contribution in [-0.4, -0.2) is 47.6 Å². The molecule has 0 N–H and O–H groups in total. The summed E-state index contributed by atoms with van der Waals surface area (Å²) in [7, 11) is 2.40. The predicted octanol–water partition coefficient (Wildman–Crippen LogP) is 3.50. The Labute approximate surface area is 185 Å². The summed E-state index contributed by atoms with van der Waals surface area (Å²) < 4.78 is 10.2. The molecule has 0 spiro atoms. The fraction of sp³-hybridized carbons (Fsp3) is 0.273. The first-order valence-corrected chi connectivity index (χ1v) is 9.74. The number of hydrogen-bond acceptors (Lipinski definition) is 8. The van der Waals surface area contributed by atoms with Crippen LogP contribution in [0, 0.1) is 0 Å². The van der Waals surface area contributed by atoms with E-state index < -0.39 is 23.0 Å². The van der Waals surface area contributed by atoms with E-state index in [1.165, 1.54) is 14.2 Å². The zero-order valence-electron chi connectivity index (χ0n) is 16.5. The van der Waals surface area contributed by atoms with E-state index in [1.807, 2.05) is 12.1 Å². The zero-order valence-corrected chi connectivity index (χ0v) is 18.2. The number of nitrogens with zero attached hydrogens (tertiary/aromatic N) is 2. The van der Waals surface area contributed by atoms with Gasteiger partial charge in [-0.2, -0.15) is 0 Å². The quantitative estimate of drug-likeness (QED) is 0.337. The molecule has 6 nitrogen and oxygen atoms in total. The molecular weight excluding hydrogens is 420 g/mol. The Morgan fingerprint density at radius 3 is 1.37 bits per heavy atom. The minimum absolute atomic E-state index is 0.0490. The minimum atomic E-state index is -1.92. The van der Waals surface area contributed by atoms with Crippen molar-refractivity contribution in [3.8, 4) is 0 Å². The van der Waals surface area contributed by atoms with E-state index in [0.717, 1.165) is 0 Å². The van der Waals surface area contributed by atoms with Crippen LogP contribution >= 0.6 is 24.4 Å². The number of methoxy groups -OCH3 is 2. The molecule has 0 unspecified atom stereocenters. The van der Waals surface area contributed by atoms with Gasteiger partial charge in [-0.15, -0.1) is 0 Å². The maximum Gasteiger partial charge on any atom is 0.338 e. The molecule has 2 aromatic carbocycles. The van der Waals surface area contributed by atoms with Crippen LogP contribution in [0.2, 0.25) is 0 Å². The van der Waals surface area contributed by atoms with Crippen molar-refractivity contribution in [1.82, 2.24) is 0 Å². The molecule has 0 aliphatic rings. The van der Waals surface area contributed by atoms with Gasteiger partial charge in [0, 0.05) is 12.8 Å². The number of ether oxygens (including phenoxy) is 2. The highest BCUT2D eigenvalue weighted by Gasteiger charge is 2.64. The molecule has 8 heteroatoms. The third kappa shape index (κ3) is 4.58. The highest BCUT2D eigenvalue weighted by Crippen LogP contribution is 2.39. The number of isothiocyanates is 2. The number of carbonyl (C=O) groups is 2. The molecule has 0 saturated heterocycles. The average molecular weight is 441 g/mol. The summed E-state index contributed by atoms with van der Waals surface area (Å²) in [5.74, 6) is -1.64. The Kier molecular flexibility index (Phi) is 8.27. The zero-order chi connectivity index (χ0) is 22.0. The van der Waals surface area contributed by atoms with Crippen LogP contribution in [0.3, 0.4) is 0 Å². The van der Waals surface area contributed by atoms with E-state index in [1.54, 1.807) is 48.5 Å². The third-order valence-corrected chi connectivity index (χ3v) is 4.99. The maximum absolute atomic E-state index is 13.2. The van der Waals surface area contributed by atoms with E-state index >= 15 is 0 Å². The van der Waals surface area contributed by atoms with Gasteiger partial charge in [-0.05, 0) is 35.6 Å². The molecule has 0 amide bonds. The topological polar surface area (TPSA) is 77.3 Å². The molecule has 0 aromatic heterocycles. The van der Waals surface area contributed by atoms with Crippen LogP contribution in [0.5, 0.6) is 0 Å². The van der Waals surface area contributed by atoms with Crippen LogP contribution in [-0.2, 0) is 31.9 Å². The van der Waals surface area contributed by atoms with E-state index in [2.05, 4.69) is 20.3 Å². The normalized spacial score (nSPS) is 14.1. The van der Waals surface area contributed by atoms with Gasteiger partial charge in [0.15, 0.2) is 0 Å². The molecule has 154 valence electrons. The first-order valence-electron chi connectivity index (χ1n) is 8.92. The smallest absolute Gasteiger partial charge is 0.338 e. The molecule has 0 aliphatic heterocycles. The van der Waals surface area contributed by atoms with Crippen molar-refractivity contribution in [2.45, 2.75) is 23.9 Å². The largest absolute Gasteiger partial charge is 0.467 e. The standard InChI is InChI=1S/C22H20N2O4S2/c1-27-19(25)21(23-15-29,13-17-9-5-3-6-10-17)22(24-16-30,20(26)28-2)14-18-11-7-4-8-12-18/h3-12H,13-14H2,1-2H3/t21-,22-/m1/s1. The lowest BCUT2D eigenvalue weighted by atomic mass is 9.70. The summed E-state index contributed by atoms with van der Waals surface area (Å²) in [5.41, 5.74) is -2.42. The Morgan fingerprint density at radius 1 is 0.767 bits per heavy atom. The van der Waals surface area contributed by atoms with Gasteiger partial charge in [0.25, 0.3) is 0 Å². The van der Waals surface area contributed by atoms with Gasteiger partial charge in [-0.25, -0.2) is 19.6 Å². The van der Waals surface area contributed by atoms with Crippen LogP contribution in [0.15, 0.2) is 70.6 Å². The monoisotopic (exact) mass is 440 g/mol. The minimum Gasteiger partial charge on any atom is -0.467 e. The maximum atomic E-state index is 13.2. The Morgan fingerprint density at radius 2 is 1.10 bits per heavy atom. The lowest BCUT2D eigenvalue weighted by Crippen LogP contribution is -2.64. The van der Waals surface area contributed by atoms with Gasteiger partial charge in [0.05, 0.1) is 24.5 Å². The third-order valence-electron chi connectivity index (χ3n) is 4.81. The number of benzene rings is 2. The Bertz CT molecular complexity index is 905. The molecule has 0 fully saturated rings. The molecule has 0 bridgehead atoms. The van der Waals surface area contributed by atoms with Crippen molar-refractivity contribution in [2.75, 3.05) is 14.2 Å². The second-order valence-electron chi connectivity index (χ2n) is 6.43. The van der Waals surface area contributed by atoms with Gasteiger partial charge in [0.1, 0.15) is 0 Å². The van der Waals surface area contributed by atoms with Crippen LogP contribution in [0.4, 0.5) is 0 Å². The number of rotatable bonds is 9. The second kappa shape index (κ2) is 10.7. The molecule has 0 heterocycles. The average Bonchev–Trinajstić information content (AvgIpc) is 2.78. The molecule has 2 rings (SSSR count). The second-order valence-corrected chi connectivity index (χ2v) is 6.80. The van der Waals surface area contributed by atoms with Crippen molar-refractivity contribution in [2.24, 2.45) is 9.98 Å². The van der Waals surface area contributed by atoms with Crippen molar-refractivity contribution >= 4 is 46.7 Å². The fourth-order valence-electron chi connectivity index (χ4n) is 3.41. The number of carbonyl (C=O) groups excluding carboxylic acids is 2. The Hall–Kier alpha value is -3.02. The summed E-state index contributed by atoms with van der Waals surface area (Å²) >= 11 is 9.72. The summed E-state index contributed by atoms with van der Waals surface area (Å²) in [6, 6.07) is 18.1. The van der Waals surface area contributed by atoms with Gasteiger partial charge in [-0.1, -0.05) is 60.7 Å². The molecule has 0 saturated carbocycles. The van der Waals surface area contributed by atoms with Gasteiger partial charge >= 0.3 is 11.9 Å². The highest BCUT2D eigenvalue weighted by atomic mass is 32.1. The SMILES string of the molecule is COC(=O)[C@@](Cc1ccccc1)(N=C=S)[C@](Cc1ccccc1)(N=C=S)C(=O)OC. The first-order chi connectivity index (χ1) is 14.5. The Balaban J connectivity index is 2.88. The molecule has 2 aromatic rings. The lowest BCUT2D eigenvalue weighted by molar-refractivity contribution is -0.161. The number of esters is 2. The predicted molar refractivity (Wildman–Crippen MR) is 120 cm³/mol. The summed E-state index contributed by atoms with van der Waals surface area (Å²) in [4.78, 5) is 34.8. The molecule has 2 atom stereocenters. The van der Waals surface area contributed by atoms with E-state index in [0.29, 0.717) is 11.1 Å². The number of aliphatic imine (C=N–C) groups is 2. The first kappa shape index (κ1) is 23.3. The lowest BCUT2D eigenvalue weighted by Gasteiger charge is -2.39. The molecule has 0 radical (unpaired) electrons. The summed E-state index contributed by atoms with van der Waals surface area (Å²) in [5, 5.41) is 4.50. The molecule has 30 heavy (non-hydrogen) atoms. The van der Waals surface area contributed by atoms with Crippen LogP contribution < -0.4 is 0 Å². The van der Waals surface area contributed by atoms with Gasteiger partial charge in [0.2, 0.25) is 11.1 Å². The van der Waals surface area contributed by atoms with E-state index in [4.69, 9.17) is 33.9 Å². The van der Waals surface area contributed by atoms with Gasteiger partial charge in [-0.3, -0.25) is 0 Å². The van der Waals surface area contributed by atoms with Crippen molar-refractivity contribution in [1.29, 1.82) is 0 Å². The van der Waals surface area contributed by atoms with E-state index in [9.17, 15) is 9.59 Å². The van der Waals surface area contributed by atoms with Crippen molar-refractivity contribution in [3.63, 3.8) is 0 Å². The molecule has 0 aliphatic carbocycles. The van der Waals surface area contributed by atoms with E-state index in [-0.39, 0.29) is 12.8 Å².